The van der Waals surface area contributed by atoms with Gasteiger partial charge in [0.25, 0.3) is 0 Å². The van der Waals surface area contributed by atoms with Crippen molar-refractivity contribution in [3.63, 3.8) is 0 Å². The molecule has 0 amide bonds. The highest BCUT2D eigenvalue weighted by Gasteiger charge is 2.09. The second-order valence-electron chi connectivity index (χ2n) is 5.02. The summed E-state index contributed by atoms with van der Waals surface area (Å²) in [5.74, 6) is 2.61. The van der Waals surface area contributed by atoms with Crippen molar-refractivity contribution in [3.05, 3.63) is 54.7 Å². The van der Waals surface area contributed by atoms with Gasteiger partial charge in [-0.25, -0.2) is 4.98 Å². The quantitative estimate of drug-likeness (QED) is 0.735. The van der Waals surface area contributed by atoms with Gasteiger partial charge in [-0.15, -0.1) is 0 Å². The Morgan fingerprint density at radius 2 is 1.27 bits per heavy atom. The summed E-state index contributed by atoms with van der Waals surface area (Å²) < 4.78 is 12.4. The van der Waals surface area contributed by atoms with Crippen LogP contribution in [0, 0.1) is 0 Å². The fourth-order valence-electron chi connectivity index (χ4n) is 2.38. The van der Waals surface area contributed by atoms with Crippen molar-refractivity contribution in [2.75, 3.05) is 14.2 Å². The first-order chi connectivity index (χ1) is 10.7. The molecule has 0 spiro atoms. The van der Waals surface area contributed by atoms with E-state index in [1.807, 2.05) is 66.3 Å². The lowest BCUT2D eigenvalue weighted by atomic mass is 10.1. The standard InChI is InChI=1S/C18H18N2O2/c1-20-12-17(13-4-8-15(21-2)9-5-13)19-18(20)14-6-10-16(22-3)11-7-14/h4-12H,1-3H3. The highest BCUT2D eigenvalue weighted by molar-refractivity contribution is 5.65. The lowest BCUT2D eigenvalue weighted by molar-refractivity contribution is 0.415. The summed E-state index contributed by atoms with van der Waals surface area (Å²) in [5.41, 5.74) is 3.06. The first kappa shape index (κ1) is 14.2. The van der Waals surface area contributed by atoms with E-state index in [2.05, 4.69) is 0 Å². The SMILES string of the molecule is COc1ccc(-c2cn(C)c(-c3ccc(OC)cc3)n2)cc1. The molecule has 3 aromatic rings. The van der Waals surface area contributed by atoms with E-state index in [4.69, 9.17) is 14.5 Å². The molecule has 0 radical (unpaired) electrons. The monoisotopic (exact) mass is 294 g/mol. The molecule has 0 saturated carbocycles. The second kappa shape index (κ2) is 5.93. The van der Waals surface area contributed by atoms with Crippen molar-refractivity contribution in [2.24, 2.45) is 7.05 Å². The molecule has 22 heavy (non-hydrogen) atoms. The Labute approximate surface area is 130 Å². The number of imidazole rings is 1. The molecule has 3 rings (SSSR count). The van der Waals surface area contributed by atoms with Gasteiger partial charge in [0.1, 0.15) is 17.3 Å². The number of ether oxygens (including phenoxy) is 2. The van der Waals surface area contributed by atoms with Crippen molar-refractivity contribution in [3.8, 4) is 34.1 Å². The normalized spacial score (nSPS) is 10.5. The van der Waals surface area contributed by atoms with E-state index >= 15 is 0 Å². The Bertz CT molecular complexity index is 759. The van der Waals surface area contributed by atoms with Crippen LogP contribution in [0.4, 0.5) is 0 Å². The number of benzene rings is 2. The second-order valence-corrected chi connectivity index (χ2v) is 5.02. The van der Waals surface area contributed by atoms with Crippen LogP contribution in [0.2, 0.25) is 0 Å². The number of rotatable bonds is 4. The number of nitrogens with zero attached hydrogens (tertiary/aromatic N) is 2. The van der Waals surface area contributed by atoms with E-state index in [1.165, 1.54) is 0 Å². The van der Waals surface area contributed by atoms with Crippen molar-refractivity contribution in [2.45, 2.75) is 0 Å². The van der Waals surface area contributed by atoms with E-state index < -0.39 is 0 Å². The number of hydrogen-bond acceptors (Lipinski definition) is 3. The van der Waals surface area contributed by atoms with E-state index in [9.17, 15) is 0 Å². The summed E-state index contributed by atoms with van der Waals surface area (Å²) >= 11 is 0. The van der Waals surface area contributed by atoms with Gasteiger partial charge in [-0.3, -0.25) is 0 Å². The van der Waals surface area contributed by atoms with Crippen LogP contribution < -0.4 is 9.47 Å². The maximum atomic E-state index is 5.19. The lowest BCUT2D eigenvalue weighted by Crippen LogP contribution is -1.91. The molecule has 0 fully saturated rings. The largest absolute Gasteiger partial charge is 0.497 e. The summed E-state index contributed by atoms with van der Waals surface area (Å²) in [7, 11) is 5.33. The van der Waals surface area contributed by atoms with E-state index in [1.54, 1.807) is 14.2 Å². The predicted molar refractivity (Wildman–Crippen MR) is 87.2 cm³/mol. The molecular formula is C18H18N2O2. The fourth-order valence-corrected chi connectivity index (χ4v) is 2.38. The molecule has 0 atom stereocenters. The molecule has 2 aromatic carbocycles. The average molecular weight is 294 g/mol. The third kappa shape index (κ3) is 2.68. The number of aryl methyl sites for hydroxylation is 1. The Balaban J connectivity index is 1.95. The zero-order valence-corrected chi connectivity index (χ0v) is 12.9. The van der Waals surface area contributed by atoms with Crippen molar-refractivity contribution >= 4 is 0 Å². The van der Waals surface area contributed by atoms with Crippen LogP contribution in [0.3, 0.4) is 0 Å². The van der Waals surface area contributed by atoms with Crippen LogP contribution in [-0.2, 0) is 7.05 Å². The summed E-state index contributed by atoms with van der Waals surface area (Å²) in [5, 5.41) is 0. The first-order valence-electron chi connectivity index (χ1n) is 7.03. The minimum absolute atomic E-state index is 0.841. The van der Waals surface area contributed by atoms with Gasteiger partial charge in [0.2, 0.25) is 0 Å². The van der Waals surface area contributed by atoms with Gasteiger partial charge in [-0.05, 0) is 48.5 Å². The predicted octanol–water partition coefficient (Wildman–Crippen LogP) is 3.77. The van der Waals surface area contributed by atoms with Crippen LogP contribution >= 0.6 is 0 Å². The molecule has 0 unspecified atom stereocenters. The molecule has 0 aliphatic heterocycles. The molecule has 4 heteroatoms. The number of methoxy groups -OCH3 is 2. The van der Waals surface area contributed by atoms with Gasteiger partial charge in [0.15, 0.2) is 0 Å². The highest BCUT2D eigenvalue weighted by atomic mass is 16.5. The van der Waals surface area contributed by atoms with E-state index in [0.717, 1.165) is 34.1 Å². The fraction of sp³-hybridized carbons (Fsp3) is 0.167. The minimum atomic E-state index is 0.841. The highest BCUT2D eigenvalue weighted by Crippen LogP contribution is 2.26. The molecule has 1 heterocycles. The lowest BCUT2D eigenvalue weighted by Gasteiger charge is -2.03. The third-order valence-corrected chi connectivity index (χ3v) is 3.61. The molecule has 0 N–H and O–H groups in total. The van der Waals surface area contributed by atoms with Crippen LogP contribution in [0.5, 0.6) is 11.5 Å². The molecule has 112 valence electrons. The summed E-state index contributed by atoms with van der Waals surface area (Å²) in [6, 6.07) is 15.8. The zero-order valence-electron chi connectivity index (χ0n) is 12.9. The molecule has 4 nitrogen and oxygen atoms in total. The zero-order chi connectivity index (χ0) is 15.5. The maximum absolute atomic E-state index is 5.19. The molecule has 0 aliphatic carbocycles. The van der Waals surface area contributed by atoms with Gasteiger partial charge in [0, 0.05) is 24.4 Å². The van der Waals surface area contributed by atoms with Crippen molar-refractivity contribution < 1.29 is 9.47 Å². The minimum Gasteiger partial charge on any atom is -0.497 e. The smallest absolute Gasteiger partial charge is 0.140 e. The van der Waals surface area contributed by atoms with Crippen LogP contribution in [-0.4, -0.2) is 23.8 Å². The number of hydrogen-bond donors (Lipinski definition) is 0. The van der Waals surface area contributed by atoms with Crippen molar-refractivity contribution in [1.29, 1.82) is 0 Å². The van der Waals surface area contributed by atoms with Gasteiger partial charge in [0.05, 0.1) is 19.9 Å². The molecule has 1 aromatic heterocycles. The Kier molecular flexibility index (Phi) is 3.83. The summed E-state index contributed by atoms with van der Waals surface area (Å²) in [6.45, 7) is 0. The average Bonchev–Trinajstić information content (AvgIpc) is 2.97. The molecule has 0 bridgehead atoms. The molecular weight excluding hydrogens is 276 g/mol. The van der Waals surface area contributed by atoms with Crippen LogP contribution in [0.25, 0.3) is 22.6 Å². The summed E-state index contributed by atoms with van der Waals surface area (Å²) in [4.78, 5) is 4.74. The topological polar surface area (TPSA) is 36.3 Å². The maximum Gasteiger partial charge on any atom is 0.140 e. The van der Waals surface area contributed by atoms with Gasteiger partial charge >= 0.3 is 0 Å². The number of aromatic nitrogens is 2. The molecule has 0 saturated heterocycles. The van der Waals surface area contributed by atoms with E-state index in [-0.39, 0.29) is 0 Å². The Hall–Kier alpha value is -2.75. The van der Waals surface area contributed by atoms with E-state index in [0.29, 0.717) is 0 Å². The van der Waals surface area contributed by atoms with Gasteiger partial charge < -0.3 is 14.0 Å². The third-order valence-electron chi connectivity index (χ3n) is 3.61. The molecule has 0 aliphatic rings. The first-order valence-corrected chi connectivity index (χ1v) is 7.03. The summed E-state index contributed by atoms with van der Waals surface area (Å²) in [6.07, 6.45) is 2.03. The Morgan fingerprint density at radius 3 is 1.77 bits per heavy atom. The Morgan fingerprint density at radius 1 is 0.773 bits per heavy atom. The van der Waals surface area contributed by atoms with Crippen molar-refractivity contribution in [1.82, 2.24) is 9.55 Å². The van der Waals surface area contributed by atoms with Gasteiger partial charge in [-0.2, -0.15) is 0 Å². The van der Waals surface area contributed by atoms with Gasteiger partial charge in [-0.1, -0.05) is 0 Å². The van der Waals surface area contributed by atoms with Crippen LogP contribution in [0.15, 0.2) is 54.7 Å². The van der Waals surface area contributed by atoms with Crippen LogP contribution in [0.1, 0.15) is 0 Å².